The highest BCUT2D eigenvalue weighted by Crippen LogP contribution is 2.13. The van der Waals surface area contributed by atoms with E-state index in [1.54, 1.807) is 12.1 Å². The molecule has 12 heteroatoms. The van der Waals surface area contributed by atoms with E-state index < -0.39 is 12.7 Å². The molecule has 0 fully saturated rings. The Morgan fingerprint density at radius 2 is 1.34 bits per heavy atom. The standard InChI is InChI=1S/C20H20F3IN6S2/c1-2-25-18(31)29-28-17(14-8-10-15(24)11-9-14)16(13-6-4-3-5-7-13)27-30-19(32)26-12-20(21,22)23/h3-11H,2,12H2,1H3,(H2,25,29,31)(H2,26,30,32). The fourth-order valence-electron chi connectivity index (χ4n) is 2.35. The number of hydrazone groups is 2. The molecule has 0 aliphatic rings. The maximum atomic E-state index is 12.5. The van der Waals surface area contributed by atoms with E-state index in [-0.39, 0.29) is 5.11 Å². The largest absolute Gasteiger partial charge is 0.405 e. The number of nitrogens with zero attached hydrogens (tertiary/aromatic N) is 2. The third-order valence-electron chi connectivity index (χ3n) is 3.71. The maximum absolute atomic E-state index is 12.5. The van der Waals surface area contributed by atoms with Crippen LogP contribution in [0.25, 0.3) is 0 Å². The molecule has 170 valence electrons. The summed E-state index contributed by atoms with van der Waals surface area (Å²) in [5.74, 6) is 0. The summed E-state index contributed by atoms with van der Waals surface area (Å²) < 4.78 is 38.4. The quantitative estimate of drug-likeness (QED) is 0.169. The Morgan fingerprint density at radius 1 is 0.844 bits per heavy atom. The molecule has 2 aromatic carbocycles. The van der Waals surface area contributed by atoms with Gasteiger partial charge in [-0.15, -0.1) is 0 Å². The van der Waals surface area contributed by atoms with Crippen molar-refractivity contribution >= 4 is 68.7 Å². The highest BCUT2D eigenvalue weighted by atomic mass is 127. The minimum atomic E-state index is -4.41. The molecule has 0 saturated carbocycles. The van der Waals surface area contributed by atoms with E-state index in [1.165, 1.54) is 0 Å². The molecule has 32 heavy (non-hydrogen) atoms. The first kappa shape index (κ1) is 25.9. The molecule has 0 saturated heterocycles. The van der Waals surface area contributed by atoms with Crippen molar-refractivity contribution in [3.05, 3.63) is 69.3 Å². The Kier molecular flexibility index (Phi) is 10.3. The van der Waals surface area contributed by atoms with Gasteiger partial charge in [0.1, 0.15) is 18.0 Å². The molecule has 0 aromatic heterocycles. The molecule has 0 spiro atoms. The lowest BCUT2D eigenvalue weighted by molar-refractivity contribution is -0.122. The third-order valence-corrected chi connectivity index (χ3v) is 4.90. The number of hydrogen-bond acceptors (Lipinski definition) is 4. The molecule has 0 radical (unpaired) electrons. The molecule has 0 bridgehead atoms. The summed E-state index contributed by atoms with van der Waals surface area (Å²) in [6.07, 6.45) is -4.41. The highest BCUT2D eigenvalue weighted by Gasteiger charge is 2.27. The second kappa shape index (κ2) is 12.6. The van der Waals surface area contributed by atoms with Crippen molar-refractivity contribution in [3.8, 4) is 0 Å². The monoisotopic (exact) mass is 592 g/mol. The summed E-state index contributed by atoms with van der Waals surface area (Å²) >= 11 is 12.3. The molecule has 0 aliphatic carbocycles. The molecular weight excluding hydrogens is 572 g/mol. The van der Waals surface area contributed by atoms with Crippen molar-refractivity contribution < 1.29 is 13.2 Å². The number of hydrogen-bond donors (Lipinski definition) is 4. The first-order valence-corrected chi connectivity index (χ1v) is 11.2. The van der Waals surface area contributed by atoms with E-state index in [4.69, 9.17) is 24.4 Å². The first-order chi connectivity index (χ1) is 15.2. The Morgan fingerprint density at radius 3 is 1.84 bits per heavy atom. The fraction of sp³-hybridized carbons (Fsp3) is 0.200. The van der Waals surface area contributed by atoms with Crippen LogP contribution >= 0.6 is 47.0 Å². The molecule has 2 aromatic rings. The zero-order chi connectivity index (χ0) is 23.6. The number of thiocarbonyl (C=S) groups is 2. The molecule has 0 heterocycles. The Bertz CT molecular complexity index is 979. The molecule has 0 unspecified atom stereocenters. The predicted molar refractivity (Wildman–Crippen MR) is 138 cm³/mol. The average Bonchev–Trinajstić information content (AvgIpc) is 2.75. The van der Waals surface area contributed by atoms with E-state index in [0.717, 1.165) is 9.13 Å². The van der Waals surface area contributed by atoms with E-state index in [2.05, 4.69) is 54.3 Å². The van der Waals surface area contributed by atoms with Gasteiger partial charge in [-0.05, 0) is 66.1 Å². The van der Waals surface area contributed by atoms with Gasteiger partial charge in [0, 0.05) is 21.2 Å². The SMILES string of the molecule is CCNC(=S)NN=C(C(=NNC(=S)NCC(F)(F)F)c1ccccc1)c1ccc(I)cc1. The highest BCUT2D eigenvalue weighted by molar-refractivity contribution is 14.1. The molecule has 6 nitrogen and oxygen atoms in total. The van der Waals surface area contributed by atoms with Gasteiger partial charge in [-0.1, -0.05) is 42.5 Å². The summed E-state index contributed by atoms with van der Waals surface area (Å²) in [4.78, 5) is 0. The molecule has 4 N–H and O–H groups in total. The van der Waals surface area contributed by atoms with Crippen molar-refractivity contribution in [2.45, 2.75) is 13.1 Å². The summed E-state index contributed by atoms with van der Waals surface area (Å²) in [5, 5.41) is 13.8. The van der Waals surface area contributed by atoms with Gasteiger partial charge in [-0.2, -0.15) is 23.4 Å². The normalized spacial score (nSPS) is 12.2. The predicted octanol–water partition coefficient (Wildman–Crippen LogP) is 3.91. The zero-order valence-electron chi connectivity index (χ0n) is 16.8. The van der Waals surface area contributed by atoms with Crippen LogP contribution in [0.3, 0.4) is 0 Å². The van der Waals surface area contributed by atoms with Crippen molar-refractivity contribution in [2.24, 2.45) is 10.2 Å². The Labute approximate surface area is 208 Å². The van der Waals surface area contributed by atoms with E-state index in [1.807, 2.05) is 49.4 Å². The van der Waals surface area contributed by atoms with Crippen LogP contribution in [-0.4, -0.2) is 40.9 Å². The van der Waals surface area contributed by atoms with Gasteiger partial charge >= 0.3 is 6.18 Å². The minimum Gasteiger partial charge on any atom is -0.362 e. The van der Waals surface area contributed by atoms with Crippen molar-refractivity contribution in [3.63, 3.8) is 0 Å². The van der Waals surface area contributed by atoms with E-state index >= 15 is 0 Å². The van der Waals surface area contributed by atoms with Gasteiger partial charge in [0.2, 0.25) is 0 Å². The second-order valence-electron chi connectivity index (χ2n) is 6.17. The lowest BCUT2D eigenvalue weighted by atomic mass is 10.00. The van der Waals surface area contributed by atoms with Crippen molar-refractivity contribution in [1.82, 2.24) is 21.5 Å². The number of nitrogens with one attached hydrogen (secondary N) is 4. The number of alkyl halides is 3. The zero-order valence-corrected chi connectivity index (χ0v) is 20.6. The molecule has 2 rings (SSSR count). The average molecular weight is 592 g/mol. The summed E-state index contributed by atoms with van der Waals surface area (Å²) in [6.45, 7) is 1.24. The van der Waals surface area contributed by atoms with Crippen LogP contribution in [0.1, 0.15) is 18.1 Å². The van der Waals surface area contributed by atoms with Crippen molar-refractivity contribution in [2.75, 3.05) is 13.1 Å². The Hall–Kier alpha value is -2.32. The van der Waals surface area contributed by atoms with Crippen LogP contribution in [0.2, 0.25) is 0 Å². The molecular formula is C20H20F3IN6S2. The lowest BCUT2D eigenvalue weighted by Gasteiger charge is -2.14. The van der Waals surface area contributed by atoms with Gasteiger partial charge in [0.15, 0.2) is 10.2 Å². The summed E-state index contributed by atoms with van der Waals surface area (Å²) in [7, 11) is 0. The van der Waals surface area contributed by atoms with Crippen LogP contribution in [0.15, 0.2) is 64.8 Å². The number of benzene rings is 2. The Balaban J connectivity index is 2.44. The maximum Gasteiger partial charge on any atom is 0.405 e. The third kappa shape index (κ3) is 9.04. The van der Waals surface area contributed by atoms with Gasteiger partial charge in [-0.25, -0.2) is 0 Å². The van der Waals surface area contributed by atoms with Gasteiger partial charge in [0.25, 0.3) is 0 Å². The van der Waals surface area contributed by atoms with Gasteiger partial charge < -0.3 is 10.6 Å². The van der Waals surface area contributed by atoms with E-state index in [0.29, 0.717) is 28.6 Å². The fourth-order valence-corrected chi connectivity index (χ4v) is 3.01. The number of halogens is 4. The topological polar surface area (TPSA) is 72.8 Å². The van der Waals surface area contributed by atoms with Crippen molar-refractivity contribution in [1.29, 1.82) is 0 Å². The van der Waals surface area contributed by atoms with Gasteiger partial charge in [0.05, 0.1) is 0 Å². The summed E-state index contributed by atoms with van der Waals surface area (Å²) in [6, 6.07) is 16.6. The van der Waals surface area contributed by atoms with Crippen LogP contribution < -0.4 is 21.5 Å². The molecule has 0 amide bonds. The minimum absolute atomic E-state index is 0.270. The smallest absolute Gasteiger partial charge is 0.362 e. The molecule has 0 atom stereocenters. The summed E-state index contributed by atoms with van der Waals surface area (Å²) in [5.41, 5.74) is 7.42. The number of rotatable bonds is 7. The van der Waals surface area contributed by atoms with Crippen LogP contribution in [-0.2, 0) is 0 Å². The van der Waals surface area contributed by atoms with Crippen LogP contribution in [0.5, 0.6) is 0 Å². The molecule has 0 aliphatic heterocycles. The van der Waals surface area contributed by atoms with Gasteiger partial charge in [-0.3, -0.25) is 10.9 Å². The first-order valence-electron chi connectivity index (χ1n) is 9.31. The van der Waals surface area contributed by atoms with Crippen LogP contribution in [0, 0.1) is 3.57 Å². The lowest BCUT2D eigenvalue weighted by Crippen LogP contribution is -2.39. The van der Waals surface area contributed by atoms with Crippen LogP contribution in [0.4, 0.5) is 13.2 Å². The second-order valence-corrected chi connectivity index (χ2v) is 8.24. The van der Waals surface area contributed by atoms with E-state index in [9.17, 15) is 13.2 Å².